The number of carbonyl (C=O) groups is 1. The number of hydrogen-bond acceptors (Lipinski definition) is 5. The smallest absolute Gasteiger partial charge is 0.272 e. The van der Waals surface area contributed by atoms with E-state index in [-0.39, 0.29) is 5.91 Å². The Kier molecular flexibility index (Phi) is 7.23. The first-order chi connectivity index (χ1) is 17.5. The van der Waals surface area contributed by atoms with E-state index >= 15 is 0 Å². The van der Waals surface area contributed by atoms with E-state index in [0.717, 1.165) is 59.4 Å². The standard InChI is InChI=1S/C28H30BrN5O2/c1-3-6-21-7-4-5-16-34(21)27(35)25-18-23(14-15-30-25)36-22-12-13-26-24(17-22)32-28(33(26)2)31-20-10-8-19(29)9-11-20/h8-15,17-18,21H,3-7,16H2,1-2H3,(H,31,32). The number of nitrogens with zero attached hydrogens (tertiary/aromatic N) is 4. The van der Waals surface area contributed by atoms with Crippen molar-refractivity contribution in [3.05, 3.63) is 71.0 Å². The normalized spacial score (nSPS) is 15.8. The molecule has 1 amide bonds. The SMILES string of the molecule is CCCC1CCCCN1C(=O)c1cc(Oc2ccc3c(c2)nc(Nc2ccc(Br)cc2)n3C)ccn1. The third-order valence-corrected chi connectivity index (χ3v) is 7.18. The Morgan fingerprint density at radius 1 is 1.11 bits per heavy atom. The number of likely N-dealkylation sites (tertiary alicyclic amines) is 1. The summed E-state index contributed by atoms with van der Waals surface area (Å²) in [5.41, 5.74) is 3.18. The molecule has 1 unspecified atom stereocenters. The zero-order valence-corrected chi connectivity index (χ0v) is 22.2. The van der Waals surface area contributed by atoms with Crippen molar-refractivity contribution in [2.45, 2.75) is 45.1 Å². The highest BCUT2D eigenvalue weighted by atomic mass is 79.9. The highest BCUT2D eigenvalue weighted by Gasteiger charge is 2.27. The number of anilines is 2. The van der Waals surface area contributed by atoms with E-state index in [1.54, 1.807) is 18.3 Å². The van der Waals surface area contributed by atoms with Crippen molar-refractivity contribution in [2.75, 3.05) is 11.9 Å². The summed E-state index contributed by atoms with van der Waals surface area (Å²) in [5, 5.41) is 3.36. The van der Waals surface area contributed by atoms with Crippen LogP contribution in [0.5, 0.6) is 11.5 Å². The molecule has 2 aromatic heterocycles. The molecule has 1 fully saturated rings. The third kappa shape index (κ3) is 5.23. The first-order valence-electron chi connectivity index (χ1n) is 12.5. The number of fused-ring (bicyclic) bond motifs is 1. The fourth-order valence-electron chi connectivity index (χ4n) is 4.79. The Labute approximate surface area is 219 Å². The van der Waals surface area contributed by atoms with Crippen LogP contribution in [0.15, 0.2) is 65.3 Å². The summed E-state index contributed by atoms with van der Waals surface area (Å²) in [6.07, 6.45) is 7.04. The van der Waals surface area contributed by atoms with Crippen LogP contribution in [0.2, 0.25) is 0 Å². The van der Waals surface area contributed by atoms with Crippen LogP contribution in [0.3, 0.4) is 0 Å². The zero-order valence-electron chi connectivity index (χ0n) is 20.6. The van der Waals surface area contributed by atoms with Gasteiger partial charge in [0.25, 0.3) is 5.91 Å². The highest BCUT2D eigenvalue weighted by Crippen LogP contribution is 2.29. The second kappa shape index (κ2) is 10.7. The van der Waals surface area contributed by atoms with Gasteiger partial charge in [-0.1, -0.05) is 29.3 Å². The monoisotopic (exact) mass is 547 g/mol. The Morgan fingerprint density at radius 3 is 2.72 bits per heavy atom. The summed E-state index contributed by atoms with van der Waals surface area (Å²) >= 11 is 3.46. The number of carbonyl (C=O) groups excluding carboxylic acids is 1. The van der Waals surface area contributed by atoms with Gasteiger partial charge in [0.15, 0.2) is 0 Å². The molecule has 186 valence electrons. The third-order valence-electron chi connectivity index (χ3n) is 6.65. The number of benzene rings is 2. The lowest BCUT2D eigenvalue weighted by Crippen LogP contribution is -2.43. The van der Waals surface area contributed by atoms with Crippen molar-refractivity contribution in [3.8, 4) is 11.5 Å². The number of amides is 1. The molecule has 1 saturated heterocycles. The molecule has 7 nitrogen and oxygen atoms in total. The molecule has 0 radical (unpaired) electrons. The van der Waals surface area contributed by atoms with Gasteiger partial charge < -0.3 is 19.5 Å². The molecule has 0 aliphatic carbocycles. The lowest BCUT2D eigenvalue weighted by Gasteiger charge is -2.35. The molecule has 36 heavy (non-hydrogen) atoms. The number of nitrogens with one attached hydrogen (secondary N) is 1. The largest absolute Gasteiger partial charge is 0.457 e. The number of pyridine rings is 1. The van der Waals surface area contributed by atoms with Gasteiger partial charge in [-0.15, -0.1) is 0 Å². The zero-order chi connectivity index (χ0) is 25.1. The van der Waals surface area contributed by atoms with E-state index in [2.05, 4.69) is 33.2 Å². The van der Waals surface area contributed by atoms with Crippen molar-refractivity contribution >= 4 is 44.5 Å². The molecule has 5 rings (SSSR count). The molecule has 1 aliphatic rings. The van der Waals surface area contributed by atoms with Gasteiger partial charge in [0.1, 0.15) is 17.2 Å². The Bertz CT molecular complexity index is 1370. The van der Waals surface area contributed by atoms with Crippen LogP contribution in [-0.2, 0) is 7.05 Å². The average Bonchev–Trinajstić information content (AvgIpc) is 3.20. The minimum Gasteiger partial charge on any atom is -0.457 e. The highest BCUT2D eigenvalue weighted by molar-refractivity contribution is 9.10. The number of aromatic nitrogens is 3. The molecule has 3 heterocycles. The molecule has 8 heteroatoms. The van der Waals surface area contributed by atoms with E-state index < -0.39 is 0 Å². The van der Waals surface area contributed by atoms with Crippen LogP contribution in [0.25, 0.3) is 11.0 Å². The van der Waals surface area contributed by atoms with Gasteiger partial charge in [-0.05, 0) is 68.1 Å². The first-order valence-corrected chi connectivity index (χ1v) is 13.2. The maximum atomic E-state index is 13.3. The summed E-state index contributed by atoms with van der Waals surface area (Å²) in [4.78, 5) is 24.4. The maximum absolute atomic E-state index is 13.3. The van der Waals surface area contributed by atoms with Crippen LogP contribution < -0.4 is 10.1 Å². The first kappa shape index (κ1) is 24.3. The average molecular weight is 548 g/mol. The Balaban J connectivity index is 1.34. The van der Waals surface area contributed by atoms with Crippen LogP contribution in [0.4, 0.5) is 11.6 Å². The van der Waals surface area contributed by atoms with E-state index in [1.165, 1.54) is 6.42 Å². The van der Waals surface area contributed by atoms with Crippen molar-refractivity contribution < 1.29 is 9.53 Å². The van der Waals surface area contributed by atoms with Gasteiger partial charge in [-0.2, -0.15) is 0 Å². The van der Waals surface area contributed by atoms with Gasteiger partial charge in [0.05, 0.1) is 11.0 Å². The predicted octanol–water partition coefficient (Wildman–Crippen LogP) is 7.06. The Morgan fingerprint density at radius 2 is 1.92 bits per heavy atom. The second-order valence-corrected chi connectivity index (χ2v) is 10.1. The number of halogens is 1. The number of aryl methyl sites for hydroxylation is 1. The molecule has 1 aliphatic heterocycles. The summed E-state index contributed by atoms with van der Waals surface area (Å²) in [6, 6.07) is 17.6. The molecule has 4 aromatic rings. The van der Waals surface area contributed by atoms with Gasteiger partial charge in [0.2, 0.25) is 5.95 Å². The van der Waals surface area contributed by atoms with E-state index in [1.807, 2.05) is 59.0 Å². The molecule has 1 atom stereocenters. The number of rotatable bonds is 7. The fourth-order valence-corrected chi connectivity index (χ4v) is 5.06. The minimum atomic E-state index is -0.0116. The van der Waals surface area contributed by atoms with Gasteiger partial charge in [0, 0.05) is 48.1 Å². The fraction of sp³-hybridized carbons (Fsp3) is 0.321. The van der Waals surface area contributed by atoms with Gasteiger partial charge in [-0.25, -0.2) is 4.98 Å². The van der Waals surface area contributed by atoms with E-state index in [4.69, 9.17) is 9.72 Å². The predicted molar refractivity (Wildman–Crippen MR) is 146 cm³/mol. The summed E-state index contributed by atoms with van der Waals surface area (Å²) in [5.74, 6) is 1.97. The van der Waals surface area contributed by atoms with Crippen LogP contribution in [0.1, 0.15) is 49.5 Å². The molecular formula is C28H30BrN5O2. The number of piperidine rings is 1. The lowest BCUT2D eigenvalue weighted by atomic mass is 9.98. The summed E-state index contributed by atoms with van der Waals surface area (Å²) < 4.78 is 9.17. The molecule has 0 bridgehead atoms. The van der Waals surface area contributed by atoms with Crippen molar-refractivity contribution in [1.82, 2.24) is 19.4 Å². The number of hydrogen-bond donors (Lipinski definition) is 1. The molecular weight excluding hydrogens is 518 g/mol. The lowest BCUT2D eigenvalue weighted by molar-refractivity contribution is 0.0594. The van der Waals surface area contributed by atoms with Crippen molar-refractivity contribution in [1.29, 1.82) is 0 Å². The van der Waals surface area contributed by atoms with E-state index in [0.29, 0.717) is 23.2 Å². The maximum Gasteiger partial charge on any atom is 0.272 e. The second-order valence-electron chi connectivity index (χ2n) is 9.19. The van der Waals surface area contributed by atoms with E-state index in [9.17, 15) is 4.79 Å². The summed E-state index contributed by atoms with van der Waals surface area (Å²) in [7, 11) is 1.98. The van der Waals surface area contributed by atoms with Crippen LogP contribution >= 0.6 is 15.9 Å². The molecule has 0 spiro atoms. The Hall–Kier alpha value is -3.39. The number of ether oxygens (including phenoxy) is 1. The van der Waals surface area contributed by atoms with Crippen LogP contribution in [-0.4, -0.2) is 37.9 Å². The number of imidazole rings is 1. The van der Waals surface area contributed by atoms with Crippen molar-refractivity contribution in [2.24, 2.45) is 7.05 Å². The minimum absolute atomic E-state index is 0.0116. The summed E-state index contributed by atoms with van der Waals surface area (Å²) in [6.45, 7) is 2.96. The van der Waals surface area contributed by atoms with Gasteiger partial charge >= 0.3 is 0 Å². The van der Waals surface area contributed by atoms with Crippen molar-refractivity contribution in [3.63, 3.8) is 0 Å². The molecule has 1 N–H and O–H groups in total. The quantitative estimate of drug-likeness (QED) is 0.268. The molecule has 0 saturated carbocycles. The van der Waals surface area contributed by atoms with Gasteiger partial charge in [-0.3, -0.25) is 9.78 Å². The molecule has 2 aromatic carbocycles. The topological polar surface area (TPSA) is 72.3 Å². The van der Waals surface area contributed by atoms with Crippen LogP contribution in [0, 0.1) is 0 Å².